The molecule has 2 fully saturated rings. The molecule has 118 valence electrons. The first kappa shape index (κ1) is 15.0. The lowest BCUT2D eigenvalue weighted by Crippen LogP contribution is -2.51. The molecule has 0 spiro atoms. The first-order valence-corrected chi connectivity index (χ1v) is 6.83. The molecular weight excluding hydrogens is 325 g/mol. The summed E-state index contributed by atoms with van der Waals surface area (Å²) in [7, 11) is 0. The van der Waals surface area contributed by atoms with Crippen molar-refractivity contribution < 1.29 is 22.8 Å². The van der Waals surface area contributed by atoms with E-state index in [1.54, 1.807) is 0 Å². The van der Waals surface area contributed by atoms with Gasteiger partial charge in [-0.1, -0.05) is 11.6 Å². The molecule has 1 saturated carbocycles. The fourth-order valence-electron chi connectivity index (χ4n) is 2.51. The van der Waals surface area contributed by atoms with Crippen LogP contribution in [0, 0.1) is 5.92 Å². The van der Waals surface area contributed by atoms with Gasteiger partial charge in [0.2, 0.25) is 5.91 Å². The summed E-state index contributed by atoms with van der Waals surface area (Å²) in [4.78, 5) is 22.8. The number of nitrogens with zero attached hydrogens (tertiary/aromatic N) is 2. The summed E-state index contributed by atoms with van der Waals surface area (Å²) in [5, 5.41) is 11.8. The van der Waals surface area contributed by atoms with Crippen molar-refractivity contribution in [2.24, 2.45) is 5.92 Å². The summed E-state index contributed by atoms with van der Waals surface area (Å²) in [6, 6.07) is 0.746. The third kappa shape index (κ3) is 2.72. The Hall–Kier alpha value is -1.90. The number of urea groups is 1. The molecule has 10 heteroatoms. The summed E-state index contributed by atoms with van der Waals surface area (Å²) >= 11 is 5.83. The average molecular weight is 335 g/mol. The SMILES string of the molecule is O=C1NCC(c2cc(C3CC3C(F)(F)F)c(Cl)nn2)C(=O)N1. The molecule has 6 nitrogen and oxygen atoms in total. The van der Waals surface area contributed by atoms with E-state index in [1.165, 1.54) is 6.07 Å². The van der Waals surface area contributed by atoms with Gasteiger partial charge in [0.15, 0.2) is 5.15 Å². The van der Waals surface area contributed by atoms with Crippen LogP contribution in [0.15, 0.2) is 6.07 Å². The minimum absolute atomic E-state index is 0.00772. The highest BCUT2D eigenvalue weighted by molar-refractivity contribution is 6.30. The van der Waals surface area contributed by atoms with Gasteiger partial charge < -0.3 is 5.32 Å². The van der Waals surface area contributed by atoms with Gasteiger partial charge in [-0.3, -0.25) is 10.1 Å². The number of rotatable bonds is 2. The van der Waals surface area contributed by atoms with E-state index in [9.17, 15) is 22.8 Å². The molecule has 22 heavy (non-hydrogen) atoms. The zero-order valence-corrected chi connectivity index (χ0v) is 11.7. The fourth-order valence-corrected chi connectivity index (χ4v) is 2.74. The van der Waals surface area contributed by atoms with Crippen molar-refractivity contribution in [1.82, 2.24) is 20.8 Å². The van der Waals surface area contributed by atoms with Crippen molar-refractivity contribution in [2.75, 3.05) is 6.54 Å². The Labute approximate surface area is 127 Å². The third-order valence-electron chi connectivity index (χ3n) is 3.78. The Morgan fingerprint density at radius 3 is 2.59 bits per heavy atom. The first-order chi connectivity index (χ1) is 10.3. The highest BCUT2D eigenvalue weighted by atomic mass is 35.5. The number of aromatic nitrogens is 2. The molecule has 3 rings (SSSR count). The molecule has 0 bridgehead atoms. The molecule has 1 aromatic heterocycles. The van der Waals surface area contributed by atoms with E-state index in [4.69, 9.17) is 11.6 Å². The monoisotopic (exact) mass is 334 g/mol. The number of amides is 3. The zero-order chi connectivity index (χ0) is 16.1. The predicted molar refractivity (Wildman–Crippen MR) is 68.2 cm³/mol. The molecule has 3 amide bonds. The molecule has 2 heterocycles. The Balaban J connectivity index is 1.85. The summed E-state index contributed by atoms with van der Waals surface area (Å²) in [5.41, 5.74) is 0.420. The number of alkyl halides is 3. The first-order valence-electron chi connectivity index (χ1n) is 6.46. The lowest BCUT2D eigenvalue weighted by molar-refractivity contribution is -0.148. The van der Waals surface area contributed by atoms with Crippen LogP contribution in [0.1, 0.15) is 29.5 Å². The maximum atomic E-state index is 12.7. The number of hydrogen-bond acceptors (Lipinski definition) is 4. The molecule has 1 aromatic rings. The van der Waals surface area contributed by atoms with E-state index in [1.807, 2.05) is 0 Å². The largest absolute Gasteiger partial charge is 0.392 e. The Morgan fingerprint density at radius 1 is 1.27 bits per heavy atom. The van der Waals surface area contributed by atoms with E-state index in [-0.39, 0.29) is 29.4 Å². The maximum Gasteiger partial charge on any atom is 0.392 e. The second-order valence-electron chi connectivity index (χ2n) is 5.26. The van der Waals surface area contributed by atoms with E-state index < -0.39 is 35.9 Å². The van der Waals surface area contributed by atoms with E-state index in [0.717, 1.165) is 0 Å². The molecule has 3 atom stereocenters. The van der Waals surface area contributed by atoms with Gasteiger partial charge in [0, 0.05) is 6.54 Å². The number of imide groups is 1. The predicted octanol–water partition coefficient (Wildman–Crippen LogP) is 1.72. The smallest absolute Gasteiger partial charge is 0.337 e. The molecule has 2 N–H and O–H groups in total. The molecule has 1 saturated heterocycles. The normalized spacial score (nSPS) is 28.1. The number of carbonyl (C=O) groups excluding carboxylic acids is 2. The van der Waals surface area contributed by atoms with Crippen molar-refractivity contribution >= 4 is 23.5 Å². The van der Waals surface area contributed by atoms with Gasteiger partial charge in [0.25, 0.3) is 0 Å². The van der Waals surface area contributed by atoms with E-state index >= 15 is 0 Å². The van der Waals surface area contributed by atoms with Crippen LogP contribution in [-0.2, 0) is 4.79 Å². The van der Waals surface area contributed by atoms with Crippen molar-refractivity contribution in [1.29, 1.82) is 0 Å². The van der Waals surface area contributed by atoms with Gasteiger partial charge in [0.05, 0.1) is 17.5 Å². The van der Waals surface area contributed by atoms with Gasteiger partial charge in [-0.2, -0.15) is 18.3 Å². The third-order valence-corrected chi connectivity index (χ3v) is 4.08. The molecule has 2 aliphatic rings. The number of carbonyl (C=O) groups is 2. The van der Waals surface area contributed by atoms with Crippen LogP contribution in [0.4, 0.5) is 18.0 Å². The summed E-state index contributed by atoms with van der Waals surface area (Å²) < 4.78 is 38.0. The van der Waals surface area contributed by atoms with Crippen LogP contribution in [0.25, 0.3) is 0 Å². The van der Waals surface area contributed by atoms with E-state index in [2.05, 4.69) is 20.8 Å². The van der Waals surface area contributed by atoms with Crippen LogP contribution in [0.5, 0.6) is 0 Å². The van der Waals surface area contributed by atoms with Crippen molar-refractivity contribution in [2.45, 2.75) is 24.4 Å². The molecule has 1 aliphatic carbocycles. The van der Waals surface area contributed by atoms with Crippen LogP contribution in [-0.4, -0.2) is 34.9 Å². The van der Waals surface area contributed by atoms with Gasteiger partial charge in [-0.05, 0) is 24.0 Å². The summed E-state index contributed by atoms with van der Waals surface area (Å²) in [6.45, 7) is 0.00772. The molecule has 3 unspecified atom stereocenters. The lowest BCUT2D eigenvalue weighted by Gasteiger charge is -2.21. The van der Waals surface area contributed by atoms with Crippen LogP contribution < -0.4 is 10.6 Å². The van der Waals surface area contributed by atoms with E-state index in [0.29, 0.717) is 0 Å². The van der Waals surface area contributed by atoms with Crippen LogP contribution in [0.2, 0.25) is 5.15 Å². The Bertz CT molecular complexity index is 652. The van der Waals surface area contributed by atoms with Crippen molar-refractivity contribution in [3.8, 4) is 0 Å². The zero-order valence-electron chi connectivity index (χ0n) is 10.9. The summed E-state index contributed by atoms with van der Waals surface area (Å²) in [5.74, 6) is -3.58. The topological polar surface area (TPSA) is 84.0 Å². The van der Waals surface area contributed by atoms with Gasteiger partial charge in [-0.25, -0.2) is 4.79 Å². The minimum atomic E-state index is -4.28. The second kappa shape index (κ2) is 5.08. The quantitative estimate of drug-likeness (QED) is 0.862. The van der Waals surface area contributed by atoms with Crippen LogP contribution in [0.3, 0.4) is 0 Å². The molecular formula is C12H10ClF3N4O2. The van der Waals surface area contributed by atoms with Gasteiger partial charge in [-0.15, -0.1) is 5.10 Å². The van der Waals surface area contributed by atoms with Crippen molar-refractivity contribution in [3.63, 3.8) is 0 Å². The average Bonchev–Trinajstić information content (AvgIpc) is 3.20. The Morgan fingerprint density at radius 2 is 2.00 bits per heavy atom. The molecule has 1 aliphatic heterocycles. The van der Waals surface area contributed by atoms with Crippen LogP contribution >= 0.6 is 11.6 Å². The fraction of sp³-hybridized carbons (Fsp3) is 0.500. The van der Waals surface area contributed by atoms with Gasteiger partial charge >= 0.3 is 12.2 Å². The number of hydrogen-bond donors (Lipinski definition) is 2. The highest BCUT2D eigenvalue weighted by Crippen LogP contribution is 2.57. The van der Waals surface area contributed by atoms with Crippen molar-refractivity contribution in [3.05, 3.63) is 22.5 Å². The standard InChI is InChI=1S/C12H10ClF3N4O2/c13-9-5(4-1-7(4)12(14,15)16)2-8(19-20-9)6-3-17-11(22)18-10(6)21/h2,4,6-7H,1,3H2,(H2,17,18,21,22). The lowest BCUT2D eigenvalue weighted by atomic mass is 10.00. The summed E-state index contributed by atoms with van der Waals surface area (Å²) in [6.07, 6.45) is -4.34. The molecule has 0 aromatic carbocycles. The Kier molecular flexibility index (Phi) is 3.47. The van der Waals surface area contributed by atoms with Gasteiger partial charge in [0.1, 0.15) is 0 Å². The highest BCUT2D eigenvalue weighted by Gasteiger charge is 2.57. The maximum absolute atomic E-state index is 12.7. The molecule has 0 radical (unpaired) electrons. The number of halogens is 4. The minimum Gasteiger partial charge on any atom is -0.337 e. The second-order valence-corrected chi connectivity index (χ2v) is 5.62. The number of nitrogens with one attached hydrogen (secondary N) is 2.